The summed E-state index contributed by atoms with van der Waals surface area (Å²) in [5.41, 5.74) is 5.10. The number of hydrogen-bond donors (Lipinski definition) is 3. The average molecular weight is 152 g/mol. The van der Waals surface area contributed by atoms with E-state index in [2.05, 4.69) is 15.2 Å². The van der Waals surface area contributed by atoms with Gasteiger partial charge in [0.05, 0.1) is 0 Å². The van der Waals surface area contributed by atoms with Gasteiger partial charge in [0.15, 0.2) is 6.19 Å². The highest BCUT2D eigenvalue weighted by Crippen LogP contribution is 1.90. The van der Waals surface area contributed by atoms with Gasteiger partial charge in [0.2, 0.25) is 11.8 Å². The first-order valence-corrected chi connectivity index (χ1v) is 2.61. The van der Waals surface area contributed by atoms with Gasteiger partial charge >= 0.3 is 5.91 Å². The van der Waals surface area contributed by atoms with Crippen LogP contribution < -0.4 is 11.1 Å². The summed E-state index contributed by atoms with van der Waals surface area (Å²) in [6.07, 6.45) is 1.45. The van der Waals surface area contributed by atoms with Crippen LogP contribution in [0.2, 0.25) is 0 Å². The molecule has 0 bridgehead atoms. The number of hydrogen-bond acceptors (Lipinski definition) is 5. The van der Waals surface area contributed by atoms with Crippen molar-refractivity contribution in [2.45, 2.75) is 0 Å². The van der Waals surface area contributed by atoms with E-state index in [4.69, 9.17) is 11.0 Å². The number of amides is 1. The van der Waals surface area contributed by atoms with Gasteiger partial charge in [-0.1, -0.05) is 0 Å². The van der Waals surface area contributed by atoms with Crippen LogP contribution in [0.25, 0.3) is 0 Å². The van der Waals surface area contributed by atoms with Gasteiger partial charge in [-0.2, -0.15) is 10.2 Å². The number of nitrogens with one attached hydrogen (secondary N) is 2. The number of nitrogen functional groups attached to an aromatic ring is 1. The molecule has 0 aromatic carbocycles. The lowest BCUT2D eigenvalue weighted by Crippen LogP contribution is -2.18. The molecule has 0 aliphatic carbocycles. The summed E-state index contributed by atoms with van der Waals surface area (Å²) >= 11 is 0. The molecule has 1 rings (SSSR count). The summed E-state index contributed by atoms with van der Waals surface area (Å²) in [6.45, 7) is 0. The van der Waals surface area contributed by atoms with E-state index in [1.807, 2.05) is 5.32 Å². The average Bonchev–Trinajstić information content (AvgIpc) is 2.36. The maximum absolute atomic E-state index is 10.7. The molecule has 7 heteroatoms. The summed E-state index contributed by atoms with van der Waals surface area (Å²) in [4.78, 5) is 14.2. The zero-order chi connectivity index (χ0) is 8.27. The zero-order valence-corrected chi connectivity index (χ0v) is 5.33. The number of anilines is 1. The van der Waals surface area contributed by atoms with Gasteiger partial charge in [-0.15, -0.1) is 5.10 Å². The molecule has 0 unspecified atom stereocenters. The Bertz CT molecular complexity index is 309. The van der Waals surface area contributed by atoms with Crippen LogP contribution >= 0.6 is 0 Å². The zero-order valence-electron chi connectivity index (χ0n) is 5.33. The SMILES string of the molecule is N#CNC(=O)c1nc(N)n[nH]1. The molecule has 0 aliphatic rings. The lowest BCUT2D eigenvalue weighted by atomic mass is 10.6. The summed E-state index contributed by atoms with van der Waals surface area (Å²) < 4.78 is 0. The lowest BCUT2D eigenvalue weighted by molar-refractivity contribution is 0.0963. The topological polar surface area (TPSA) is 120 Å². The van der Waals surface area contributed by atoms with Crippen molar-refractivity contribution in [1.29, 1.82) is 5.26 Å². The van der Waals surface area contributed by atoms with Crippen molar-refractivity contribution in [3.8, 4) is 6.19 Å². The van der Waals surface area contributed by atoms with Crippen LogP contribution in [0.4, 0.5) is 5.95 Å². The van der Waals surface area contributed by atoms with Crippen LogP contribution in [0.5, 0.6) is 0 Å². The molecule has 0 atom stereocenters. The molecule has 1 aromatic rings. The third kappa shape index (κ3) is 1.42. The fraction of sp³-hybridized carbons (Fsp3) is 0. The van der Waals surface area contributed by atoms with Crippen molar-refractivity contribution in [3.05, 3.63) is 5.82 Å². The first-order chi connectivity index (χ1) is 5.24. The maximum atomic E-state index is 10.7. The summed E-state index contributed by atoms with van der Waals surface area (Å²) in [7, 11) is 0. The highest BCUT2D eigenvalue weighted by molar-refractivity contribution is 5.91. The Morgan fingerprint density at radius 2 is 2.55 bits per heavy atom. The Kier molecular flexibility index (Phi) is 1.69. The van der Waals surface area contributed by atoms with Crippen LogP contribution in [0.15, 0.2) is 0 Å². The molecule has 7 nitrogen and oxygen atoms in total. The molecular formula is C4H4N6O. The predicted molar refractivity (Wildman–Crippen MR) is 33.9 cm³/mol. The number of rotatable bonds is 1. The number of nitrogens with two attached hydrogens (primary N) is 1. The van der Waals surface area contributed by atoms with Gasteiger partial charge in [-0.25, -0.2) is 0 Å². The molecule has 56 valence electrons. The molecule has 4 N–H and O–H groups in total. The molecule has 0 spiro atoms. The Balaban J connectivity index is 2.78. The summed E-state index contributed by atoms with van der Waals surface area (Å²) in [5.74, 6) is -0.770. The molecule has 11 heavy (non-hydrogen) atoms. The normalized spacial score (nSPS) is 8.64. The largest absolute Gasteiger partial charge is 0.366 e. The molecular weight excluding hydrogens is 148 g/mol. The van der Waals surface area contributed by atoms with Gasteiger partial charge in [-0.3, -0.25) is 15.2 Å². The molecule has 0 saturated carbocycles. The fourth-order valence-electron chi connectivity index (χ4n) is 0.486. The van der Waals surface area contributed by atoms with E-state index in [1.165, 1.54) is 6.19 Å². The van der Waals surface area contributed by atoms with Crippen LogP contribution in [0.1, 0.15) is 10.6 Å². The second-order valence-corrected chi connectivity index (χ2v) is 1.61. The monoisotopic (exact) mass is 152 g/mol. The van der Waals surface area contributed by atoms with Gasteiger partial charge in [0, 0.05) is 0 Å². The standard InChI is InChI=1S/C4H4N6O/c5-1-7-3(11)2-8-4(6)10-9-2/h(H,7,11)(H3,6,8,9,10). The number of aromatic nitrogens is 3. The van der Waals surface area contributed by atoms with Crippen LogP contribution in [0.3, 0.4) is 0 Å². The first kappa shape index (κ1) is 7.01. The number of carbonyl (C=O) groups is 1. The van der Waals surface area contributed by atoms with Crippen molar-refractivity contribution in [2.24, 2.45) is 0 Å². The van der Waals surface area contributed by atoms with Gasteiger partial charge in [0.25, 0.3) is 0 Å². The minimum atomic E-state index is -0.656. The van der Waals surface area contributed by atoms with E-state index in [1.54, 1.807) is 0 Å². The number of carbonyl (C=O) groups excluding carboxylic acids is 1. The molecule has 1 aromatic heterocycles. The third-order valence-corrected chi connectivity index (χ3v) is 0.887. The minimum Gasteiger partial charge on any atom is -0.366 e. The highest BCUT2D eigenvalue weighted by Gasteiger charge is 2.08. The Morgan fingerprint density at radius 1 is 1.82 bits per heavy atom. The molecule has 0 fully saturated rings. The van der Waals surface area contributed by atoms with Crippen LogP contribution in [-0.2, 0) is 0 Å². The Labute approximate surface area is 61.2 Å². The number of H-pyrrole nitrogens is 1. The van der Waals surface area contributed by atoms with E-state index in [9.17, 15) is 4.79 Å². The Morgan fingerprint density at radius 3 is 3.00 bits per heavy atom. The van der Waals surface area contributed by atoms with Gasteiger partial charge in [0.1, 0.15) is 0 Å². The van der Waals surface area contributed by atoms with Crippen molar-refractivity contribution in [1.82, 2.24) is 20.5 Å². The molecule has 0 radical (unpaired) electrons. The number of nitriles is 1. The quantitative estimate of drug-likeness (QED) is 0.337. The van der Waals surface area contributed by atoms with Crippen molar-refractivity contribution in [3.63, 3.8) is 0 Å². The fourth-order valence-corrected chi connectivity index (χ4v) is 0.486. The summed E-state index contributed by atoms with van der Waals surface area (Å²) in [6, 6.07) is 0. The molecule has 0 aliphatic heterocycles. The molecule has 0 saturated heterocycles. The van der Waals surface area contributed by atoms with E-state index in [0.717, 1.165) is 0 Å². The van der Waals surface area contributed by atoms with Gasteiger partial charge in [-0.05, 0) is 0 Å². The van der Waals surface area contributed by atoms with Gasteiger partial charge < -0.3 is 5.73 Å². The second kappa shape index (κ2) is 2.66. The van der Waals surface area contributed by atoms with Crippen LogP contribution in [-0.4, -0.2) is 21.1 Å². The van der Waals surface area contributed by atoms with Crippen molar-refractivity contribution < 1.29 is 4.79 Å². The second-order valence-electron chi connectivity index (χ2n) is 1.61. The van der Waals surface area contributed by atoms with Crippen LogP contribution in [0, 0.1) is 11.5 Å². The predicted octanol–water partition coefficient (Wildman–Crippen LogP) is -1.40. The van der Waals surface area contributed by atoms with E-state index in [-0.39, 0.29) is 11.8 Å². The van der Waals surface area contributed by atoms with Crippen molar-refractivity contribution in [2.75, 3.05) is 5.73 Å². The third-order valence-electron chi connectivity index (χ3n) is 0.887. The smallest absolute Gasteiger partial charge is 0.301 e. The van der Waals surface area contributed by atoms with E-state index >= 15 is 0 Å². The van der Waals surface area contributed by atoms with E-state index in [0.29, 0.717) is 0 Å². The highest BCUT2D eigenvalue weighted by atomic mass is 16.2. The molecule has 1 amide bonds. The Hall–Kier alpha value is -2.10. The van der Waals surface area contributed by atoms with E-state index < -0.39 is 5.91 Å². The maximum Gasteiger partial charge on any atom is 0.301 e. The first-order valence-electron chi connectivity index (χ1n) is 2.61. The minimum absolute atomic E-state index is 0.0342. The number of aromatic amines is 1. The van der Waals surface area contributed by atoms with Crippen molar-refractivity contribution >= 4 is 11.9 Å². The number of nitrogens with zero attached hydrogens (tertiary/aromatic N) is 3. The summed E-state index contributed by atoms with van der Waals surface area (Å²) in [5, 5.41) is 15.5. The lowest BCUT2D eigenvalue weighted by Gasteiger charge is -1.86. The molecule has 1 heterocycles.